The minimum Gasteiger partial charge on any atom is -0.352 e. The Morgan fingerprint density at radius 3 is 2.17 bits per heavy atom. The fourth-order valence-corrected chi connectivity index (χ4v) is 6.02. The topological polar surface area (TPSA) is 99.6 Å². The summed E-state index contributed by atoms with van der Waals surface area (Å²) in [4.78, 5) is 21.3. The smallest absolute Gasteiger partial charge is 0.253 e. The SMILES string of the molecule is O=C(c1ccc(S(=O)(=O)N2CCCCC2)cc1)N1CCN(c2ccc(-c3cccnc3)nn2)CC1. The molecule has 0 spiro atoms. The highest BCUT2D eigenvalue weighted by Gasteiger charge is 2.27. The van der Waals surface area contributed by atoms with Gasteiger partial charge in [0, 0.05) is 62.8 Å². The molecule has 2 aromatic heterocycles. The zero-order chi connectivity index (χ0) is 24.3. The lowest BCUT2D eigenvalue weighted by Gasteiger charge is -2.35. The monoisotopic (exact) mass is 492 g/mol. The first-order chi connectivity index (χ1) is 17.0. The number of carbonyl (C=O) groups is 1. The third kappa shape index (κ3) is 5.03. The second kappa shape index (κ2) is 10.1. The lowest BCUT2D eigenvalue weighted by molar-refractivity contribution is 0.0746. The normalized spacial score (nSPS) is 17.4. The van der Waals surface area contributed by atoms with E-state index >= 15 is 0 Å². The Hall–Kier alpha value is -3.37. The standard InChI is InChI=1S/C25H28N6O3S/c32-25(20-6-8-22(9-7-20)35(33,34)31-13-2-1-3-14-31)30-17-15-29(16-18-30)24-11-10-23(27-28-24)21-5-4-12-26-19-21/h4-12,19H,1-3,13-18H2. The lowest BCUT2D eigenvalue weighted by atomic mass is 10.2. The van der Waals surface area contributed by atoms with E-state index in [4.69, 9.17) is 0 Å². The first-order valence-electron chi connectivity index (χ1n) is 11.9. The Kier molecular flexibility index (Phi) is 6.74. The molecule has 3 aromatic rings. The lowest BCUT2D eigenvalue weighted by Crippen LogP contribution is -2.49. The summed E-state index contributed by atoms with van der Waals surface area (Å²) in [5, 5.41) is 8.68. The average molecular weight is 493 g/mol. The van der Waals surface area contributed by atoms with E-state index in [2.05, 4.69) is 20.1 Å². The summed E-state index contributed by atoms with van der Waals surface area (Å²) in [7, 11) is -3.50. The second-order valence-corrected chi connectivity index (χ2v) is 10.7. The number of hydrogen-bond acceptors (Lipinski definition) is 7. The molecule has 0 bridgehead atoms. The van der Waals surface area contributed by atoms with E-state index in [-0.39, 0.29) is 10.8 Å². The molecule has 1 amide bonds. The Morgan fingerprint density at radius 1 is 0.800 bits per heavy atom. The van der Waals surface area contributed by atoms with Crippen LogP contribution in [0.15, 0.2) is 65.8 Å². The molecule has 0 unspecified atom stereocenters. The van der Waals surface area contributed by atoms with Crippen molar-refractivity contribution < 1.29 is 13.2 Å². The van der Waals surface area contributed by atoms with Gasteiger partial charge in [-0.05, 0) is 61.4 Å². The van der Waals surface area contributed by atoms with Gasteiger partial charge < -0.3 is 9.80 Å². The Balaban J connectivity index is 1.19. The van der Waals surface area contributed by atoms with Crippen LogP contribution in [0.3, 0.4) is 0 Å². The van der Waals surface area contributed by atoms with E-state index in [0.717, 1.165) is 36.3 Å². The van der Waals surface area contributed by atoms with Crippen molar-refractivity contribution in [1.82, 2.24) is 24.4 Å². The van der Waals surface area contributed by atoms with E-state index in [1.165, 1.54) is 0 Å². The molecule has 35 heavy (non-hydrogen) atoms. The number of aromatic nitrogens is 3. The van der Waals surface area contributed by atoms with Crippen LogP contribution in [-0.4, -0.2) is 78.0 Å². The average Bonchev–Trinajstić information content (AvgIpc) is 2.94. The molecule has 2 saturated heterocycles. The van der Waals surface area contributed by atoms with E-state index in [1.807, 2.05) is 24.3 Å². The van der Waals surface area contributed by atoms with Gasteiger partial charge >= 0.3 is 0 Å². The largest absolute Gasteiger partial charge is 0.352 e. The van der Waals surface area contributed by atoms with Gasteiger partial charge in [0.05, 0.1) is 10.6 Å². The van der Waals surface area contributed by atoms with Crippen LogP contribution < -0.4 is 4.90 Å². The molecule has 10 heteroatoms. The number of piperazine rings is 1. The van der Waals surface area contributed by atoms with Crippen LogP contribution in [0.25, 0.3) is 11.3 Å². The summed E-state index contributed by atoms with van der Waals surface area (Å²) >= 11 is 0. The molecule has 0 aliphatic carbocycles. The summed E-state index contributed by atoms with van der Waals surface area (Å²) in [5.41, 5.74) is 2.18. The third-order valence-electron chi connectivity index (χ3n) is 6.55. The highest BCUT2D eigenvalue weighted by atomic mass is 32.2. The van der Waals surface area contributed by atoms with Crippen LogP contribution in [0.4, 0.5) is 5.82 Å². The second-order valence-electron chi connectivity index (χ2n) is 8.79. The summed E-state index contributed by atoms with van der Waals surface area (Å²) in [6, 6.07) is 14.0. The van der Waals surface area contributed by atoms with Gasteiger partial charge in [-0.2, -0.15) is 4.31 Å². The molecule has 5 rings (SSSR count). The van der Waals surface area contributed by atoms with Gasteiger partial charge in [-0.15, -0.1) is 10.2 Å². The molecule has 0 radical (unpaired) electrons. The van der Waals surface area contributed by atoms with Crippen molar-refractivity contribution in [2.45, 2.75) is 24.2 Å². The maximum Gasteiger partial charge on any atom is 0.253 e. The van der Waals surface area contributed by atoms with Crippen molar-refractivity contribution in [1.29, 1.82) is 0 Å². The Morgan fingerprint density at radius 2 is 1.54 bits per heavy atom. The molecule has 1 aromatic carbocycles. The maximum absolute atomic E-state index is 13.0. The quantitative estimate of drug-likeness (QED) is 0.540. The van der Waals surface area contributed by atoms with Crippen LogP contribution in [-0.2, 0) is 10.0 Å². The van der Waals surface area contributed by atoms with Gasteiger partial charge in [-0.25, -0.2) is 8.42 Å². The van der Waals surface area contributed by atoms with Gasteiger partial charge in [0.1, 0.15) is 0 Å². The van der Waals surface area contributed by atoms with E-state index in [9.17, 15) is 13.2 Å². The van der Waals surface area contributed by atoms with Crippen molar-refractivity contribution in [2.75, 3.05) is 44.2 Å². The summed E-state index contributed by atoms with van der Waals surface area (Å²) < 4.78 is 27.2. The van der Waals surface area contributed by atoms with Crippen LogP contribution in [0, 0.1) is 0 Å². The van der Waals surface area contributed by atoms with Gasteiger partial charge in [0.2, 0.25) is 10.0 Å². The third-order valence-corrected chi connectivity index (χ3v) is 8.47. The van der Waals surface area contributed by atoms with Gasteiger partial charge in [-0.1, -0.05) is 6.42 Å². The first kappa shape index (κ1) is 23.4. The number of hydrogen-bond donors (Lipinski definition) is 0. The fraction of sp³-hybridized carbons (Fsp3) is 0.360. The van der Waals surface area contributed by atoms with Crippen molar-refractivity contribution in [3.8, 4) is 11.3 Å². The minimum absolute atomic E-state index is 0.0930. The Bertz CT molecular complexity index is 1250. The number of amides is 1. The van der Waals surface area contributed by atoms with Crippen LogP contribution >= 0.6 is 0 Å². The molecule has 4 heterocycles. The van der Waals surface area contributed by atoms with Crippen LogP contribution in [0.5, 0.6) is 0 Å². The van der Waals surface area contributed by atoms with Gasteiger partial charge in [0.25, 0.3) is 5.91 Å². The highest BCUT2D eigenvalue weighted by molar-refractivity contribution is 7.89. The Labute approximate surface area is 205 Å². The molecule has 0 saturated carbocycles. The predicted molar refractivity (Wildman–Crippen MR) is 132 cm³/mol. The van der Waals surface area contributed by atoms with Crippen molar-refractivity contribution >= 4 is 21.7 Å². The summed E-state index contributed by atoms with van der Waals surface area (Å²) in [6.45, 7) is 3.52. The number of piperidine rings is 1. The molecule has 2 aliphatic heterocycles. The number of benzene rings is 1. The molecule has 182 valence electrons. The number of carbonyl (C=O) groups excluding carboxylic acids is 1. The highest BCUT2D eigenvalue weighted by Crippen LogP contribution is 2.22. The van der Waals surface area contributed by atoms with E-state index < -0.39 is 10.0 Å². The first-order valence-corrected chi connectivity index (χ1v) is 13.3. The minimum atomic E-state index is -3.50. The summed E-state index contributed by atoms with van der Waals surface area (Å²) in [5.74, 6) is 0.682. The molecule has 9 nitrogen and oxygen atoms in total. The van der Waals surface area contributed by atoms with Crippen molar-refractivity contribution in [3.63, 3.8) is 0 Å². The molecule has 0 atom stereocenters. The number of anilines is 1. The number of sulfonamides is 1. The van der Waals surface area contributed by atoms with Crippen LogP contribution in [0.1, 0.15) is 29.6 Å². The molecule has 2 fully saturated rings. The molecular weight excluding hydrogens is 464 g/mol. The van der Waals surface area contributed by atoms with Gasteiger partial charge in [-0.3, -0.25) is 9.78 Å². The zero-order valence-electron chi connectivity index (χ0n) is 19.5. The van der Waals surface area contributed by atoms with E-state index in [0.29, 0.717) is 44.8 Å². The zero-order valence-corrected chi connectivity index (χ0v) is 20.3. The van der Waals surface area contributed by atoms with Crippen molar-refractivity contribution in [3.05, 3.63) is 66.5 Å². The van der Waals surface area contributed by atoms with Gasteiger partial charge in [0.15, 0.2) is 5.82 Å². The molecule has 2 aliphatic rings. The number of pyridine rings is 1. The predicted octanol–water partition coefficient (Wildman–Crippen LogP) is 2.68. The number of rotatable bonds is 5. The maximum atomic E-state index is 13.0. The number of nitrogens with zero attached hydrogens (tertiary/aromatic N) is 6. The van der Waals surface area contributed by atoms with Crippen molar-refractivity contribution in [2.24, 2.45) is 0 Å². The molecular formula is C25H28N6O3S. The molecule has 0 N–H and O–H groups in total. The summed E-state index contributed by atoms with van der Waals surface area (Å²) in [6.07, 6.45) is 6.32. The van der Waals surface area contributed by atoms with E-state index in [1.54, 1.807) is 45.9 Å². The van der Waals surface area contributed by atoms with Crippen LogP contribution in [0.2, 0.25) is 0 Å². The fourth-order valence-electron chi connectivity index (χ4n) is 4.51.